The second-order valence-electron chi connectivity index (χ2n) is 5.14. The first kappa shape index (κ1) is 13.8. The molecule has 19 heavy (non-hydrogen) atoms. The van der Waals surface area contributed by atoms with E-state index < -0.39 is 0 Å². The van der Waals surface area contributed by atoms with Crippen molar-refractivity contribution in [2.24, 2.45) is 11.7 Å². The van der Waals surface area contributed by atoms with Gasteiger partial charge in [-0.2, -0.15) is 0 Å². The number of hydrogen-bond donors (Lipinski definition) is 3. The molecule has 104 valence electrons. The molecule has 1 unspecified atom stereocenters. The van der Waals surface area contributed by atoms with Crippen molar-refractivity contribution in [1.82, 2.24) is 0 Å². The first-order valence-corrected chi connectivity index (χ1v) is 6.56. The average Bonchev–Trinajstić information content (AvgIpc) is 2.38. The van der Waals surface area contributed by atoms with Gasteiger partial charge in [0.15, 0.2) is 0 Å². The van der Waals surface area contributed by atoms with Crippen LogP contribution in [-0.4, -0.2) is 30.1 Å². The normalized spacial score (nSPS) is 18.4. The zero-order chi connectivity index (χ0) is 14.0. The molecule has 0 aliphatic carbocycles. The number of benzene rings is 1. The van der Waals surface area contributed by atoms with E-state index in [4.69, 9.17) is 11.1 Å². The maximum atomic E-state index is 14.0. The molecule has 4 nitrogen and oxygen atoms in total. The number of nitrogen functional groups attached to an aromatic ring is 1. The molecule has 1 heterocycles. The maximum absolute atomic E-state index is 14.0. The molecule has 0 radical (unpaired) electrons. The Morgan fingerprint density at radius 2 is 2.11 bits per heavy atom. The highest BCUT2D eigenvalue weighted by Gasteiger charge is 2.24. The van der Waals surface area contributed by atoms with Crippen LogP contribution < -0.4 is 10.6 Å². The lowest BCUT2D eigenvalue weighted by atomic mass is 9.92. The van der Waals surface area contributed by atoms with Gasteiger partial charge in [0.25, 0.3) is 0 Å². The van der Waals surface area contributed by atoms with Crippen LogP contribution in [0.15, 0.2) is 18.2 Å². The molecule has 1 atom stereocenters. The van der Waals surface area contributed by atoms with E-state index in [-0.39, 0.29) is 17.8 Å². The zero-order valence-electron chi connectivity index (χ0n) is 11.1. The van der Waals surface area contributed by atoms with Gasteiger partial charge in [0, 0.05) is 18.7 Å². The third-order valence-electron chi connectivity index (χ3n) is 3.82. The Morgan fingerprint density at radius 1 is 1.47 bits per heavy atom. The fraction of sp³-hybridized carbons (Fsp3) is 0.500. The second kappa shape index (κ2) is 5.57. The quantitative estimate of drug-likeness (QED) is 0.575. The van der Waals surface area contributed by atoms with Gasteiger partial charge in [-0.1, -0.05) is 0 Å². The number of rotatable bonds is 3. The number of aliphatic hydroxyl groups excluding tert-OH is 1. The molecule has 1 aromatic rings. The number of piperidine rings is 1. The Bertz CT molecular complexity index is 468. The van der Waals surface area contributed by atoms with Crippen molar-refractivity contribution in [3.8, 4) is 0 Å². The smallest absolute Gasteiger partial charge is 0.147 e. The molecule has 5 heteroatoms. The summed E-state index contributed by atoms with van der Waals surface area (Å²) in [6.45, 7) is 3.29. The lowest BCUT2D eigenvalue weighted by Crippen LogP contribution is -2.37. The van der Waals surface area contributed by atoms with Crippen LogP contribution in [0.1, 0.15) is 25.3 Å². The van der Waals surface area contributed by atoms with Gasteiger partial charge < -0.3 is 15.7 Å². The Kier molecular flexibility index (Phi) is 4.04. The summed E-state index contributed by atoms with van der Waals surface area (Å²) in [4.78, 5) is 1.98. The van der Waals surface area contributed by atoms with Crippen LogP contribution >= 0.6 is 0 Å². The number of halogens is 1. The molecule has 1 aliphatic rings. The van der Waals surface area contributed by atoms with Crippen LogP contribution in [0.25, 0.3) is 0 Å². The molecule has 0 saturated carbocycles. The molecule has 1 fully saturated rings. The topological polar surface area (TPSA) is 73.3 Å². The first-order chi connectivity index (χ1) is 8.99. The van der Waals surface area contributed by atoms with Crippen molar-refractivity contribution < 1.29 is 9.50 Å². The van der Waals surface area contributed by atoms with Crippen LogP contribution in [0.4, 0.5) is 10.1 Å². The Balaban J connectivity index is 2.09. The monoisotopic (exact) mass is 265 g/mol. The molecule has 4 N–H and O–H groups in total. The number of nitrogens with zero attached hydrogens (tertiary/aromatic N) is 1. The van der Waals surface area contributed by atoms with Gasteiger partial charge in [-0.3, -0.25) is 5.41 Å². The highest BCUT2D eigenvalue weighted by atomic mass is 19.1. The highest BCUT2D eigenvalue weighted by molar-refractivity contribution is 5.95. The summed E-state index contributed by atoms with van der Waals surface area (Å²) >= 11 is 0. The van der Waals surface area contributed by atoms with Crippen LogP contribution in [0.2, 0.25) is 0 Å². The van der Waals surface area contributed by atoms with E-state index in [2.05, 4.69) is 0 Å². The van der Waals surface area contributed by atoms with Gasteiger partial charge in [-0.05, 0) is 43.9 Å². The third kappa shape index (κ3) is 3.04. The first-order valence-electron chi connectivity index (χ1n) is 6.56. The predicted octanol–water partition coefficient (Wildman–Crippen LogP) is 1.71. The SMILES string of the molecule is CC(O)C1CCN(c2ccc(C(=N)N)cc2F)CC1. The summed E-state index contributed by atoms with van der Waals surface area (Å²) in [6.07, 6.45) is 1.43. The summed E-state index contributed by atoms with van der Waals surface area (Å²) in [5.41, 5.74) is 6.29. The summed E-state index contributed by atoms with van der Waals surface area (Å²) in [5, 5.41) is 16.8. The van der Waals surface area contributed by atoms with Crippen molar-refractivity contribution in [3.63, 3.8) is 0 Å². The number of anilines is 1. The standard InChI is InChI=1S/C14H20FN3O/c1-9(19)10-4-6-18(7-5-10)13-3-2-11(14(16)17)8-12(13)15/h2-3,8-10,19H,4-7H2,1H3,(H3,16,17). The predicted molar refractivity (Wildman–Crippen MR) is 74.0 cm³/mol. The van der Waals surface area contributed by atoms with Crippen molar-refractivity contribution in [1.29, 1.82) is 5.41 Å². The molecule has 0 bridgehead atoms. The van der Waals surface area contributed by atoms with Crippen molar-refractivity contribution in [2.75, 3.05) is 18.0 Å². The van der Waals surface area contributed by atoms with Crippen molar-refractivity contribution >= 4 is 11.5 Å². The van der Waals surface area contributed by atoms with Crippen molar-refractivity contribution in [3.05, 3.63) is 29.6 Å². The van der Waals surface area contributed by atoms with E-state index in [9.17, 15) is 9.50 Å². The molecule has 1 saturated heterocycles. The highest BCUT2D eigenvalue weighted by Crippen LogP contribution is 2.27. The average molecular weight is 265 g/mol. The Hall–Kier alpha value is -1.62. The minimum atomic E-state index is -0.344. The molecule has 1 aliphatic heterocycles. The summed E-state index contributed by atoms with van der Waals surface area (Å²) in [6, 6.07) is 4.65. The van der Waals surface area contributed by atoms with E-state index in [1.54, 1.807) is 12.1 Å². The van der Waals surface area contributed by atoms with Crippen LogP contribution in [-0.2, 0) is 0 Å². The number of hydrogen-bond acceptors (Lipinski definition) is 3. The van der Waals surface area contributed by atoms with E-state index >= 15 is 0 Å². The molecule has 0 amide bonds. The third-order valence-corrected chi connectivity index (χ3v) is 3.82. The number of amidine groups is 1. The summed E-state index contributed by atoms with van der Waals surface area (Å²) in [5.74, 6) is -0.169. The van der Waals surface area contributed by atoms with E-state index in [1.165, 1.54) is 6.07 Å². The lowest BCUT2D eigenvalue weighted by molar-refractivity contribution is 0.110. The van der Waals surface area contributed by atoms with Gasteiger partial charge in [-0.25, -0.2) is 4.39 Å². The van der Waals surface area contributed by atoms with Gasteiger partial charge in [0.05, 0.1) is 11.8 Å². The van der Waals surface area contributed by atoms with Gasteiger partial charge in [-0.15, -0.1) is 0 Å². The van der Waals surface area contributed by atoms with Gasteiger partial charge in [0.2, 0.25) is 0 Å². The fourth-order valence-electron chi connectivity index (χ4n) is 2.55. The van der Waals surface area contributed by atoms with Crippen LogP contribution in [0, 0.1) is 17.1 Å². The van der Waals surface area contributed by atoms with Crippen LogP contribution in [0.3, 0.4) is 0 Å². The van der Waals surface area contributed by atoms with E-state index in [0.29, 0.717) is 17.2 Å². The van der Waals surface area contributed by atoms with E-state index in [1.807, 2.05) is 11.8 Å². The number of nitrogens with one attached hydrogen (secondary N) is 1. The van der Waals surface area contributed by atoms with Crippen molar-refractivity contribution in [2.45, 2.75) is 25.9 Å². The Labute approximate surface area is 112 Å². The number of aliphatic hydroxyl groups is 1. The Morgan fingerprint density at radius 3 is 2.58 bits per heavy atom. The van der Waals surface area contributed by atoms with Gasteiger partial charge >= 0.3 is 0 Å². The number of nitrogens with two attached hydrogens (primary N) is 1. The van der Waals surface area contributed by atoms with Gasteiger partial charge in [0.1, 0.15) is 11.7 Å². The molecule has 0 spiro atoms. The fourth-order valence-corrected chi connectivity index (χ4v) is 2.55. The molecule has 0 aromatic heterocycles. The van der Waals surface area contributed by atoms with Crippen LogP contribution in [0.5, 0.6) is 0 Å². The molecule has 1 aromatic carbocycles. The minimum absolute atomic E-state index is 0.127. The minimum Gasteiger partial charge on any atom is -0.393 e. The second-order valence-corrected chi connectivity index (χ2v) is 5.14. The molecule has 2 rings (SSSR count). The maximum Gasteiger partial charge on any atom is 0.147 e. The molecular weight excluding hydrogens is 245 g/mol. The summed E-state index contributed by atoms with van der Waals surface area (Å²) < 4.78 is 14.0. The largest absolute Gasteiger partial charge is 0.393 e. The molecular formula is C14H20FN3O. The lowest BCUT2D eigenvalue weighted by Gasteiger charge is -2.35. The summed E-state index contributed by atoms with van der Waals surface area (Å²) in [7, 11) is 0. The van der Waals surface area contributed by atoms with E-state index in [0.717, 1.165) is 25.9 Å². The zero-order valence-corrected chi connectivity index (χ0v) is 11.1.